The summed E-state index contributed by atoms with van der Waals surface area (Å²) < 4.78 is 5.68. The van der Waals surface area contributed by atoms with Gasteiger partial charge in [-0.1, -0.05) is 19.3 Å². The zero-order valence-electron chi connectivity index (χ0n) is 11.6. The zero-order valence-corrected chi connectivity index (χ0v) is 11.6. The average molecular weight is 254 g/mol. The molecule has 1 amide bonds. The van der Waals surface area contributed by atoms with Crippen LogP contribution in [0.25, 0.3) is 0 Å². The lowest BCUT2D eigenvalue weighted by Gasteiger charge is -2.38. The first-order chi connectivity index (χ1) is 8.58. The van der Waals surface area contributed by atoms with Gasteiger partial charge in [-0.05, 0) is 26.7 Å². The minimum atomic E-state index is 0.0324. The molecule has 1 saturated heterocycles. The highest BCUT2D eigenvalue weighted by atomic mass is 16.5. The van der Waals surface area contributed by atoms with Gasteiger partial charge in [0.25, 0.3) is 0 Å². The average Bonchev–Trinajstić information content (AvgIpc) is 2.51. The van der Waals surface area contributed by atoms with Crippen LogP contribution < -0.4 is 5.73 Å². The van der Waals surface area contributed by atoms with E-state index >= 15 is 0 Å². The Hall–Kier alpha value is -0.610. The highest BCUT2D eigenvalue weighted by Crippen LogP contribution is 2.25. The van der Waals surface area contributed by atoms with E-state index in [1.54, 1.807) is 0 Å². The summed E-state index contributed by atoms with van der Waals surface area (Å²) in [4.78, 5) is 14.6. The molecule has 4 unspecified atom stereocenters. The van der Waals surface area contributed by atoms with Gasteiger partial charge in [-0.2, -0.15) is 0 Å². The number of carbonyl (C=O) groups is 1. The summed E-state index contributed by atoms with van der Waals surface area (Å²) in [5.74, 6) is 0.288. The van der Waals surface area contributed by atoms with E-state index in [2.05, 4.69) is 0 Å². The molecule has 1 aliphatic carbocycles. The van der Waals surface area contributed by atoms with Crippen molar-refractivity contribution >= 4 is 5.91 Å². The van der Waals surface area contributed by atoms with Gasteiger partial charge in [0, 0.05) is 19.1 Å². The maximum atomic E-state index is 12.6. The van der Waals surface area contributed by atoms with Crippen LogP contribution in [0.2, 0.25) is 0 Å². The Labute approximate surface area is 110 Å². The van der Waals surface area contributed by atoms with Crippen molar-refractivity contribution in [3.05, 3.63) is 0 Å². The van der Waals surface area contributed by atoms with Crippen LogP contribution in [0.5, 0.6) is 0 Å². The second-order valence-electron chi connectivity index (χ2n) is 5.91. The zero-order chi connectivity index (χ0) is 13.1. The van der Waals surface area contributed by atoms with Crippen molar-refractivity contribution in [2.75, 3.05) is 13.1 Å². The Morgan fingerprint density at radius 1 is 1.11 bits per heavy atom. The summed E-state index contributed by atoms with van der Waals surface area (Å²) in [5.41, 5.74) is 6.18. The van der Waals surface area contributed by atoms with Gasteiger partial charge in [-0.15, -0.1) is 0 Å². The fraction of sp³-hybridized carbons (Fsp3) is 0.929. The van der Waals surface area contributed by atoms with Gasteiger partial charge in [-0.25, -0.2) is 0 Å². The van der Waals surface area contributed by atoms with E-state index in [1.807, 2.05) is 18.7 Å². The fourth-order valence-electron chi connectivity index (χ4n) is 3.24. The van der Waals surface area contributed by atoms with Gasteiger partial charge in [0.15, 0.2) is 0 Å². The van der Waals surface area contributed by atoms with Crippen LogP contribution in [0.1, 0.15) is 46.0 Å². The molecule has 4 atom stereocenters. The van der Waals surface area contributed by atoms with Crippen LogP contribution in [0, 0.1) is 5.92 Å². The first-order valence-corrected chi connectivity index (χ1v) is 7.27. The summed E-state index contributed by atoms with van der Waals surface area (Å²) in [6.45, 7) is 5.49. The number of hydrogen-bond acceptors (Lipinski definition) is 3. The molecule has 2 fully saturated rings. The molecule has 2 N–H and O–H groups in total. The van der Waals surface area contributed by atoms with Crippen molar-refractivity contribution in [2.24, 2.45) is 11.7 Å². The minimum absolute atomic E-state index is 0.0324. The summed E-state index contributed by atoms with van der Waals surface area (Å²) in [7, 11) is 0. The lowest BCUT2D eigenvalue weighted by Crippen LogP contribution is -2.52. The molecule has 2 aliphatic rings. The van der Waals surface area contributed by atoms with Gasteiger partial charge < -0.3 is 15.4 Å². The molecule has 1 aliphatic heterocycles. The summed E-state index contributed by atoms with van der Waals surface area (Å²) in [6, 6.07) is 0.0495. The Morgan fingerprint density at radius 2 is 1.72 bits per heavy atom. The van der Waals surface area contributed by atoms with Gasteiger partial charge in [0.1, 0.15) is 0 Å². The number of hydrogen-bond donors (Lipinski definition) is 1. The van der Waals surface area contributed by atoms with E-state index in [4.69, 9.17) is 10.5 Å². The number of rotatable bonds is 1. The smallest absolute Gasteiger partial charge is 0.227 e. The number of ether oxygens (including phenoxy) is 1. The van der Waals surface area contributed by atoms with Crippen LogP contribution >= 0.6 is 0 Å². The maximum absolute atomic E-state index is 12.6. The third-order valence-electron chi connectivity index (χ3n) is 4.12. The Balaban J connectivity index is 2.00. The van der Waals surface area contributed by atoms with E-state index < -0.39 is 0 Å². The quantitative estimate of drug-likeness (QED) is 0.722. The molecular weight excluding hydrogens is 228 g/mol. The SMILES string of the molecule is CC1CN(C(=O)C2CCCCCC2N)CC(C)O1. The van der Waals surface area contributed by atoms with Crippen LogP contribution in [0.15, 0.2) is 0 Å². The van der Waals surface area contributed by atoms with Crippen molar-refractivity contribution in [3.8, 4) is 0 Å². The predicted molar refractivity (Wildman–Crippen MR) is 71.1 cm³/mol. The maximum Gasteiger partial charge on any atom is 0.227 e. The van der Waals surface area contributed by atoms with Crippen molar-refractivity contribution in [3.63, 3.8) is 0 Å². The highest BCUT2D eigenvalue weighted by molar-refractivity contribution is 5.79. The monoisotopic (exact) mass is 254 g/mol. The summed E-state index contributed by atoms with van der Waals surface area (Å²) in [5, 5.41) is 0. The Morgan fingerprint density at radius 3 is 2.39 bits per heavy atom. The Bertz CT molecular complexity index is 286. The highest BCUT2D eigenvalue weighted by Gasteiger charge is 2.33. The van der Waals surface area contributed by atoms with Crippen molar-refractivity contribution < 1.29 is 9.53 Å². The molecule has 0 spiro atoms. The molecule has 18 heavy (non-hydrogen) atoms. The van der Waals surface area contributed by atoms with Crippen molar-refractivity contribution in [1.82, 2.24) is 4.90 Å². The summed E-state index contributed by atoms with van der Waals surface area (Å²) in [6.07, 6.45) is 5.75. The number of amides is 1. The van der Waals surface area contributed by atoms with Crippen LogP contribution in [-0.2, 0) is 9.53 Å². The van der Waals surface area contributed by atoms with Crippen molar-refractivity contribution in [2.45, 2.75) is 64.2 Å². The van der Waals surface area contributed by atoms with Crippen molar-refractivity contribution in [1.29, 1.82) is 0 Å². The number of nitrogens with zero attached hydrogens (tertiary/aromatic N) is 1. The Kier molecular flexibility index (Phi) is 4.62. The normalized spacial score (nSPS) is 38.3. The molecular formula is C14H26N2O2. The molecule has 0 aromatic rings. The van der Waals surface area contributed by atoms with Gasteiger partial charge in [0.05, 0.1) is 18.1 Å². The van der Waals surface area contributed by atoms with Crippen LogP contribution in [-0.4, -0.2) is 42.1 Å². The number of nitrogens with two attached hydrogens (primary N) is 1. The van der Waals surface area contributed by atoms with Crippen LogP contribution in [0.4, 0.5) is 0 Å². The molecule has 1 heterocycles. The number of morpholine rings is 1. The van der Waals surface area contributed by atoms with Gasteiger partial charge in [-0.3, -0.25) is 4.79 Å². The molecule has 0 bridgehead atoms. The molecule has 2 rings (SSSR count). The lowest BCUT2D eigenvalue weighted by molar-refractivity contribution is -0.148. The van der Waals surface area contributed by atoms with Gasteiger partial charge >= 0.3 is 0 Å². The molecule has 0 aromatic heterocycles. The van der Waals surface area contributed by atoms with E-state index in [0.717, 1.165) is 19.3 Å². The first-order valence-electron chi connectivity index (χ1n) is 7.27. The molecule has 0 aromatic carbocycles. The van der Waals surface area contributed by atoms with E-state index in [9.17, 15) is 4.79 Å². The first kappa shape index (κ1) is 13.8. The molecule has 1 saturated carbocycles. The standard InChI is InChI=1S/C14H26N2O2/c1-10-8-16(9-11(2)18-10)14(17)12-6-4-3-5-7-13(12)15/h10-13H,3-9,15H2,1-2H3. The molecule has 104 valence electrons. The molecule has 4 heteroatoms. The van der Waals surface area contributed by atoms with E-state index in [1.165, 1.54) is 12.8 Å². The van der Waals surface area contributed by atoms with Gasteiger partial charge in [0.2, 0.25) is 5.91 Å². The third-order valence-corrected chi connectivity index (χ3v) is 4.12. The number of carbonyl (C=O) groups excluding carboxylic acids is 1. The van der Waals surface area contributed by atoms with E-state index in [0.29, 0.717) is 13.1 Å². The fourth-order valence-corrected chi connectivity index (χ4v) is 3.24. The third kappa shape index (κ3) is 3.23. The predicted octanol–water partition coefficient (Wildman–Crippen LogP) is 1.53. The lowest BCUT2D eigenvalue weighted by atomic mass is 9.93. The molecule has 0 radical (unpaired) electrons. The molecule has 4 nitrogen and oxygen atoms in total. The second-order valence-corrected chi connectivity index (χ2v) is 5.91. The largest absolute Gasteiger partial charge is 0.372 e. The topological polar surface area (TPSA) is 55.6 Å². The second kappa shape index (κ2) is 6.02. The summed E-state index contributed by atoms with van der Waals surface area (Å²) >= 11 is 0. The van der Waals surface area contributed by atoms with E-state index in [-0.39, 0.29) is 30.1 Å². The minimum Gasteiger partial charge on any atom is -0.372 e. The van der Waals surface area contributed by atoms with Crippen LogP contribution in [0.3, 0.4) is 0 Å².